The van der Waals surface area contributed by atoms with Crippen LogP contribution in [0.2, 0.25) is 0 Å². The van der Waals surface area contributed by atoms with Gasteiger partial charge in [-0.2, -0.15) is 0 Å². The van der Waals surface area contributed by atoms with Crippen LogP contribution in [0.1, 0.15) is 35.3 Å². The Morgan fingerprint density at radius 1 is 1.04 bits per heavy atom. The molecule has 0 spiro atoms. The summed E-state index contributed by atoms with van der Waals surface area (Å²) in [5.74, 6) is 2.19. The van der Waals surface area contributed by atoms with Crippen molar-refractivity contribution in [2.45, 2.75) is 26.7 Å². The highest BCUT2D eigenvalue weighted by molar-refractivity contribution is 5.81. The van der Waals surface area contributed by atoms with Crippen molar-refractivity contribution in [2.75, 3.05) is 13.2 Å². The van der Waals surface area contributed by atoms with Crippen LogP contribution in [0.4, 0.5) is 0 Å². The second kappa shape index (κ2) is 7.27. The minimum atomic E-state index is 0.560. The molecule has 1 aliphatic rings. The number of ether oxygens (including phenoxy) is 2. The first-order chi connectivity index (χ1) is 13.2. The van der Waals surface area contributed by atoms with Gasteiger partial charge in [-0.15, -0.1) is 0 Å². The summed E-state index contributed by atoms with van der Waals surface area (Å²) in [6.45, 7) is 5.04. The van der Waals surface area contributed by atoms with E-state index in [-0.39, 0.29) is 0 Å². The third-order valence-corrected chi connectivity index (χ3v) is 4.76. The van der Waals surface area contributed by atoms with Gasteiger partial charge < -0.3 is 14.0 Å². The maximum absolute atomic E-state index is 11.0. The quantitative estimate of drug-likeness (QED) is 0.593. The van der Waals surface area contributed by atoms with E-state index in [1.54, 1.807) is 0 Å². The summed E-state index contributed by atoms with van der Waals surface area (Å²) in [5, 5.41) is 4.33. The first-order valence-corrected chi connectivity index (χ1v) is 9.22. The second-order valence-electron chi connectivity index (χ2n) is 6.40. The molecule has 5 nitrogen and oxygen atoms in total. The molecule has 0 fully saturated rings. The van der Waals surface area contributed by atoms with Crippen LogP contribution in [0.15, 0.2) is 40.9 Å². The molecule has 1 aromatic heterocycles. The molecule has 0 aliphatic heterocycles. The van der Waals surface area contributed by atoms with E-state index < -0.39 is 0 Å². The van der Waals surface area contributed by atoms with Gasteiger partial charge in [0.1, 0.15) is 12.0 Å². The van der Waals surface area contributed by atoms with E-state index in [0.717, 1.165) is 58.6 Å². The van der Waals surface area contributed by atoms with E-state index >= 15 is 0 Å². The molecule has 4 rings (SSSR count). The number of carbonyl (C=O) groups is 1. The molecule has 0 saturated carbocycles. The van der Waals surface area contributed by atoms with Crippen molar-refractivity contribution in [3.05, 3.63) is 53.1 Å². The van der Waals surface area contributed by atoms with Gasteiger partial charge >= 0.3 is 0 Å². The molecule has 0 bridgehead atoms. The van der Waals surface area contributed by atoms with Crippen molar-refractivity contribution in [1.29, 1.82) is 0 Å². The molecule has 27 heavy (non-hydrogen) atoms. The van der Waals surface area contributed by atoms with Crippen LogP contribution < -0.4 is 9.47 Å². The van der Waals surface area contributed by atoms with E-state index in [2.05, 4.69) is 5.16 Å². The lowest BCUT2D eigenvalue weighted by Gasteiger charge is -2.16. The zero-order valence-corrected chi connectivity index (χ0v) is 15.5. The fourth-order valence-electron chi connectivity index (χ4n) is 3.56. The van der Waals surface area contributed by atoms with Gasteiger partial charge in [-0.1, -0.05) is 17.3 Å². The molecule has 5 heteroatoms. The second-order valence-corrected chi connectivity index (χ2v) is 6.40. The average Bonchev–Trinajstić information content (AvgIpc) is 3.13. The van der Waals surface area contributed by atoms with Gasteiger partial charge in [0.25, 0.3) is 0 Å². The first kappa shape index (κ1) is 17.3. The van der Waals surface area contributed by atoms with Crippen LogP contribution >= 0.6 is 0 Å². The summed E-state index contributed by atoms with van der Waals surface area (Å²) >= 11 is 0. The third-order valence-electron chi connectivity index (χ3n) is 4.76. The summed E-state index contributed by atoms with van der Waals surface area (Å²) in [7, 11) is 0. The highest BCUT2D eigenvalue weighted by Crippen LogP contribution is 2.41. The summed E-state index contributed by atoms with van der Waals surface area (Å²) < 4.78 is 17.1. The van der Waals surface area contributed by atoms with Crippen molar-refractivity contribution in [1.82, 2.24) is 5.16 Å². The molecule has 0 N–H and O–H groups in total. The normalized spacial score (nSPS) is 12.2. The fourth-order valence-corrected chi connectivity index (χ4v) is 3.56. The Bertz CT molecular complexity index is 990. The third kappa shape index (κ3) is 3.10. The molecule has 0 radical (unpaired) electrons. The number of aromatic nitrogens is 1. The van der Waals surface area contributed by atoms with E-state index in [9.17, 15) is 4.79 Å². The molecule has 1 heterocycles. The number of aryl methyl sites for hydroxylation is 1. The van der Waals surface area contributed by atoms with Crippen molar-refractivity contribution < 1.29 is 18.8 Å². The summed E-state index contributed by atoms with van der Waals surface area (Å²) in [6, 6.07) is 11.5. The molecular formula is C22H21NO4. The highest BCUT2D eigenvalue weighted by atomic mass is 16.5. The topological polar surface area (TPSA) is 61.6 Å². The minimum Gasteiger partial charge on any atom is -0.490 e. The number of benzene rings is 2. The summed E-state index contributed by atoms with van der Waals surface area (Å²) in [5.41, 5.74) is 5.72. The Labute approximate surface area is 157 Å². The van der Waals surface area contributed by atoms with Crippen LogP contribution in [-0.2, 0) is 12.8 Å². The smallest absolute Gasteiger partial charge is 0.170 e. The van der Waals surface area contributed by atoms with Gasteiger partial charge in [0.15, 0.2) is 17.3 Å². The lowest BCUT2D eigenvalue weighted by molar-refractivity contribution is 0.112. The number of hydrogen-bond donors (Lipinski definition) is 0. The molecule has 3 aromatic rings. The van der Waals surface area contributed by atoms with E-state index in [0.29, 0.717) is 24.5 Å². The molecule has 0 atom stereocenters. The SMILES string of the molecule is CCOc1ccc(-c2onc3c2CCc2cc(C=O)ccc2-3)cc1OCC. The molecule has 1 aliphatic carbocycles. The Hall–Kier alpha value is -3.08. The first-order valence-electron chi connectivity index (χ1n) is 9.22. The zero-order chi connectivity index (χ0) is 18.8. The molecule has 0 saturated heterocycles. The maximum atomic E-state index is 11.0. The number of fused-ring (bicyclic) bond motifs is 3. The molecule has 0 amide bonds. The minimum absolute atomic E-state index is 0.560. The largest absolute Gasteiger partial charge is 0.490 e. The van der Waals surface area contributed by atoms with Crippen LogP contribution in [-0.4, -0.2) is 24.7 Å². The lowest BCUT2D eigenvalue weighted by atomic mass is 9.87. The summed E-state index contributed by atoms with van der Waals surface area (Å²) in [4.78, 5) is 11.0. The lowest BCUT2D eigenvalue weighted by Crippen LogP contribution is -2.04. The van der Waals surface area contributed by atoms with Crippen LogP contribution in [0.25, 0.3) is 22.6 Å². The highest BCUT2D eigenvalue weighted by Gasteiger charge is 2.25. The van der Waals surface area contributed by atoms with E-state index in [1.165, 1.54) is 0 Å². The zero-order valence-electron chi connectivity index (χ0n) is 15.5. The molecule has 2 aromatic carbocycles. The molecular weight excluding hydrogens is 342 g/mol. The number of carbonyl (C=O) groups excluding carboxylic acids is 1. The van der Waals surface area contributed by atoms with Crippen LogP contribution in [0.5, 0.6) is 11.5 Å². The monoisotopic (exact) mass is 363 g/mol. The van der Waals surface area contributed by atoms with Crippen LogP contribution in [0, 0.1) is 0 Å². The van der Waals surface area contributed by atoms with Crippen molar-refractivity contribution in [2.24, 2.45) is 0 Å². The van der Waals surface area contributed by atoms with Gasteiger partial charge in [-0.3, -0.25) is 4.79 Å². The van der Waals surface area contributed by atoms with E-state index in [4.69, 9.17) is 14.0 Å². The predicted octanol–water partition coefficient (Wildman–Crippen LogP) is 4.72. The predicted molar refractivity (Wildman–Crippen MR) is 103 cm³/mol. The van der Waals surface area contributed by atoms with Crippen LogP contribution in [0.3, 0.4) is 0 Å². The van der Waals surface area contributed by atoms with Gasteiger partial charge in [-0.05, 0) is 56.5 Å². The summed E-state index contributed by atoms with van der Waals surface area (Å²) in [6.07, 6.45) is 2.55. The van der Waals surface area contributed by atoms with Gasteiger partial charge in [0.05, 0.1) is 13.2 Å². The van der Waals surface area contributed by atoms with E-state index in [1.807, 2.05) is 50.2 Å². The fraction of sp³-hybridized carbons (Fsp3) is 0.273. The van der Waals surface area contributed by atoms with Crippen molar-refractivity contribution in [3.63, 3.8) is 0 Å². The van der Waals surface area contributed by atoms with Gasteiger partial charge in [-0.25, -0.2) is 0 Å². The Balaban J connectivity index is 1.76. The standard InChI is InChI=1S/C22H21NO4/c1-3-25-19-10-7-16(12-20(19)26-4-2)22-18-9-6-15-11-14(13-24)5-8-17(15)21(18)23-27-22/h5,7-8,10-13H,3-4,6,9H2,1-2H3. The van der Waals surface area contributed by atoms with Gasteiger partial charge in [0, 0.05) is 22.3 Å². The Morgan fingerprint density at radius 2 is 1.85 bits per heavy atom. The van der Waals surface area contributed by atoms with Gasteiger partial charge in [0.2, 0.25) is 0 Å². The number of rotatable bonds is 6. The number of hydrogen-bond acceptors (Lipinski definition) is 5. The number of aldehydes is 1. The Kier molecular flexibility index (Phi) is 4.67. The van der Waals surface area contributed by atoms with Crippen molar-refractivity contribution in [3.8, 4) is 34.1 Å². The number of nitrogens with zero attached hydrogens (tertiary/aromatic N) is 1. The molecule has 138 valence electrons. The maximum Gasteiger partial charge on any atom is 0.170 e. The average molecular weight is 363 g/mol. The Morgan fingerprint density at radius 3 is 2.63 bits per heavy atom. The van der Waals surface area contributed by atoms with Crippen molar-refractivity contribution >= 4 is 6.29 Å². The molecule has 0 unspecified atom stereocenters.